The fourth-order valence-corrected chi connectivity index (χ4v) is 39.3. The first-order valence-corrected chi connectivity index (χ1v) is 58.0. The summed E-state index contributed by atoms with van der Waals surface area (Å²) in [5, 5.41) is 48.6. The fourth-order valence-electron chi connectivity index (χ4n) is 15.7. The Morgan fingerprint density at radius 2 is 0.493 bits per heavy atom. The lowest BCUT2D eigenvalue weighted by Gasteiger charge is -2.19. The summed E-state index contributed by atoms with van der Waals surface area (Å²) in [7, 11) is -19.4. The third kappa shape index (κ3) is 23.9. The van der Waals surface area contributed by atoms with Crippen LogP contribution in [-0.4, -0.2) is 89.8 Å². The number of aliphatic hydroxyl groups is 1. The number of sulfone groups is 5. The van der Waals surface area contributed by atoms with Gasteiger partial charge < -0.3 is 54.9 Å². The molecule has 0 spiro atoms. The Hall–Kier alpha value is -13.9. The standard InChI is InChI=1S/C22H15O2S2.2C20H17O3S2.C19H15O2S2.C18H13O2S2.C7H6O2.C3H6O2.2C2H4O2.H2O/c23-26(24)21-11-5-3-9-19(21)25(20-10-4-6-12-22(20)26)18-14-13-16-7-1-2-8-17(16)15-18;21-14-13-15-9-11-16(12-10-15)24-17-5-1-3-7-19(17)25(22,23)20-8-4-2-6-18(20)24;1-2-23-15-11-13-16(14-12-15)24-17-7-3-5-9-19(17)25(21,22)20-10-6-4-8-18(20)24;1-14-10-12-15(13-11-14)22-16-6-2-4-8-18(16)23(20,21)19-9-5-3-7-17(19)22;19-22(20)17-12-6-4-10-15(17)21(14-8-2-1-3-9-14)16-11-5-7-13-18(16)22;8-7(9)6-4-2-1-3-5-6;1-2-3(4)5;2*1-2(3)4;/h1-15H;1-12,21H,13-14H2;3-14H,2H2,1H3;2-13H,1H3;1-13H;1-5H,(H,8,9);2H2,1H3,(H,4,5);2*1H3,(H,3,4);1H2/q5*+1;;;;;/p-5. The molecule has 0 radical (unpaired) electrons. The van der Waals surface area contributed by atoms with Crippen molar-refractivity contribution in [3.63, 3.8) is 0 Å². The normalized spacial score (nSPS) is 14.2. The van der Waals surface area contributed by atoms with Crippen molar-refractivity contribution >= 4 is 138 Å². The van der Waals surface area contributed by atoms with Crippen LogP contribution in [0, 0.1) is 6.92 Å². The Bertz CT molecular complexity index is 7690. The van der Waals surface area contributed by atoms with Crippen LogP contribution in [0.1, 0.15) is 55.6 Å². The second-order valence-electron chi connectivity index (χ2n) is 31.5. The quantitative estimate of drug-likeness (QED) is 0.118. The molecule has 0 atom stereocenters. The molecule has 22 rings (SSSR count). The zero-order valence-corrected chi connectivity index (χ0v) is 86.1. The van der Waals surface area contributed by atoms with Crippen LogP contribution < -0.4 is 25.2 Å². The number of carboxylic acid groups (broad SMARTS) is 4. The van der Waals surface area contributed by atoms with E-state index >= 15 is 0 Å². The van der Waals surface area contributed by atoms with Crippen molar-refractivity contribution in [2.45, 2.75) is 170 Å². The molecule has 21 nitrogen and oxygen atoms in total. The summed E-state index contributed by atoms with van der Waals surface area (Å²) in [4.78, 5) is 55.6. The van der Waals surface area contributed by atoms with Crippen molar-refractivity contribution in [2.24, 2.45) is 0 Å². The smallest absolute Gasteiger partial charge is 0.216 e. The molecule has 0 saturated heterocycles. The number of benzene rings is 17. The van der Waals surface area contributed by atoms with E-state index in [1.165, 1.54) is 35.4 Å². The zero-order valence-electron chi connectivity index (χ0n) is 77.9. The van der Waals surface area contributed by atoms with Crippen LogP contribution in [0.5, 0.6) is 5.75 Å². The summed E-state index contributed by atoms with van der Waals surface area (Å²) >= 11 is 0. The van der Waals surface area contributed by atoms with Gasteiger partial charge in [0.15, 0.2) is 73.4 Å². The molecule has 0 amide bonds. The highest BCUT2D eigenvalue weighted by Gasteiger charge is 2.50. The highest BCUT2D eigenvalue weighted by molar-refractivity contribution is 8.03. The van der Waals surface area contributed by atoms with Crippen LogP contribution in [0.4, 0.5) is 0 Å². The zero-order chi connectivity index (χ0) is 102. The van der Waals surface area contributed by atoms with Gasteiger partial charge in [-0.05, 0) is 257 Å². The molecule has 0 fully saturated rings. The number of aliphatic carboxylic acids is 3. The number of carbonyl (C=O) groups is 4. The molecular formula is C113H94O21S10. The molecule has 17 aromatic carbocycles. The van der Waals surface area contributed by atoms with Gasteiger partial charge in [-0.2, -0.15) is 0 Å². The number of carbonyl (C=O) groups excluding carboxylic acids is 4. The van der Waals surface area contributed by atoms with Crippen LogP contribution in [0.25, 0.3) is 10.8 Å². The maximum absolute atomic E-state index is 13.1. The van der Waals surface area contributed by atoms with Gasteiger partial charge in [0.05, 0.1) is 12.6 Å². The number of fused-ring (bicyclic) bond motifs is 11. The van der Waals surface area contributed by atoms with Crippen molar-refractivity contribution in [2.75, 3.05) is 13.2 Å². The SMILES string of the molecule is CC(=O)[O-].CC(=O)[O-].CCC(=O)[O-].CCOc1ccc([S+]2c3ccccc3S(=O)(=O)c3ccccc32)cc1.Cc1ccc([S+]2c3ccccc3S(=O)(=O)c3ccccc32)cc1.O=C([O-])c1ccccc1.O=S1(=O)c2ccccc2[S+](c2ccc(CCO)cc2)c2ccccc21.O=S1(=O)c2ccccc2[S+](c2ccc3ccccc3c2)c2ccccc21.O=S1(=O)c2ccccc2[S+](c2ccccc2)c2ccccc21.[OH-]. The van der Waals surface area contributed by atoms with Gasteiger partial charge in [-0.1, -0.05) is 231 Å². The molecule has 5 heterocycles. The van der Waals surface area contributed by atoms with Crippen LogP contribution in [0.15, 0.2) is 541 Å². The Kier molecular flexibility index (Phi) is 35.8. The molecule has 0 saturated carbocycles. The topological polar surface area (TPSA) is 391 Å². The summed E-state index contributed by atoms with van der Waals surface area (Å²) in [6.07, 6.45) is 0.732. The predicted molar refractivity (Wildman–Crippen MR) is 548 cm³/mol. The molecular weight excluding hydrogens is 2010 g/mol. The first kappa shape index (κ1) is 107. The molecule has 2 N–H and O–H groups in total. The Balaban J connectivity index is 0.000000143. The van der Waals surface area contributed by atoms with Crippen LogP contribution in [-0.2, 0) is 124 Å². The van der Waals surface area contributed by atoms with Crippen molar-refractivity contribution < 1.29 is 97.0 Å². The highest BCUT2D eigenvalue weighted by Crippen LogP contribution is 2.51. The van der Waals surface area contributed by atoms with Gasteiger partial charge in [0.25, 0.3) is 0 Å². The number of aromatic carboxylic acids is 1. The van der Waals surface area contributed by atoms with Crippen molar-refractivity contribution in [1.29, 1.82) is 0 Å². The maximum Gasteiger partial charge on any atom is 0.216 e. The maximum atomic E-state index is 13.1. The third-order valence-corrected chi connectivity index (χ3v) is 44.3. The average Bonchev–Trinajstić information content (AvgIpc) is 0.759. The van der Waals surface area contributed by atoms with E-state index in [1.54, 1.807) is 140 Å². The van der Waals surface area contributed by atoms with Crippen molar-refractivity contribution in [3.8, 4) is 5.75 Å². The summed E-state index contributed by atoms with van der Waals surface area (Å²) < 4.78 is 135. The number of aryl methyl sites for hydroxylation is 1. The molecule has 0 unspecified atom stereocenters. The van der Waals surface area contributed by atoms with Crippen LogP contribution in [0.2, 0.25) is 0 Å². The minimum absolute atomic E-state index is 0. The van der Waals surface area contributed by atoms with Gasteiger partial charge in [0.2, 0.25) is 49.2 Å². The monoisotopic (exact) mass is 2110 g/mol. The second-order valence-corrected chi connectivity index (χ2v) is 50.8. The molecule has 31 heteroatoms. The third-order valence-electron chi connectivity index (χ3n) is 22.0. The van der Waals surface area contributed by atoms with E-state index < -0.39 is 117 Å². The Morgan fingerprint density at radius 1 is 0.278 bits per heavy atom. The number of hydrogen-bond donors (Lipinski definition) is 1. The summed E-state index contributed by atoms with van der Waals surface area (Å²) in [5.41, 5.74) is 2.49. The predicted octanol–water partition coefficient (Wildman–Crippen LogP) is 17.6. The highest BCUT2D eigenvalue weighted by atomic mass is 32.2. The number of ether oxygens (including phenoxy) is 1. The first-order chi connectivity index (χ1) is 68.7. The summed E-state index contributed by atoms with van der Waals surface area (Å²) in [6.45, 7) is 8.23. The Labute approximate surface area is 852 Å². The minimum Gasteiger partial charge on any atom is -0.870 e. The van der Waals surface area contributed by atoms with Gasteiger partial charge in [-0.15, -0.1) is 0 Å². The van der Waals surface area contributed by atoms with Crippen LogP contribution >= 0.6 is 0 Å². The molecule has 144 heavy (non-hydrogen) atoms. The van der Waals surface area contributed by atoms with E-state index in [1.807, 2.05) is 207 Å². The second kappa shape index (κ2) is 48.0. The number of aliphatic hydroxyl groups excluding tert-OH is 1. The lowest BCUT2D eigenvalue weighted by atomic mass is 10.1. The van der Waals surface area contributed by atoms with E-state index in [-0.39, 0.29) is 35.0 Å². The lowest BCUT2D eigenvalue weighted by Crippen LogP contribution is -2.21. The lowest BCUT2D eigenvalue weighted by molar-refractivity contribution is -0.306. The van der Waals surface area contributed by atoms with Gasteiger partial charge in [-0.3, -0.25) is 0 Å². The van der Waals surface area contributed by atoms with E-state index in [0.29, 0.717) is 62.0 Å². The van der Waals surface area contributed by atoms with Gasteiger partial charge in [0, 0.05) is 30.6 Å². The number of carboxylic acids is 4. The molecule has 17 aromatic rings. The van der Waals surface area contributed by atoms with E-state index in [2.05, 4.69) is 73.7 Å². The largest absolute Gasteiger partial charge is 0.870 e. The molecule has 732 valence electrons. The van der Waals surface area contributed by atoms with E-state index in [9.17, 15) is 61.9 Å². The first-order valence-electron chi connectivity index (χ1n) is 44.5. The molecule has 0 bridgehead atoms. The summed E-state index contributed by atoms with van der Waals surface area (Å²) in [5.74, 6) is -3.47. The van der Waals surface area contributed by atoms with Gasteiger partial charge >= 0.3 is 0 Å². The molecule has 0 aliphatic carbocycles. The summed E-state index contributed by atoms with van der Waals surface area (Å²) in [6, 6.07) is 131. The molecule has 5 aliphatic rings. The van der Waals surface area contributed by atoms with E-state index in [0.717, 1.165) is 98.6 Å². The van der Waals surface area contributed by atoms with Gasteiger partial charge in [-0.25, -0.2) is 42.1 Å². The average molecular weight is 2110 g/mol. The molecule has 5 aliphatic heterocycles. The van der Waals surface area contributed by atoms with Gasteiger partial charge in [0.1, 0.15) is 109 Å². The number of rotatable bonds is 11. The number of hydrogen-bond acceptors (Lipinski definition) is 21. The molecule has 0 aromatic heterocycles. The van der Waals surface area contributed by atoms with Crippen LogP contribution in [0.3, 0.4) is 0 Å². The van der Waals surface area contributed by atoms with Crippen molar-refractivity contribution in [1.82, 2.24) is 0 Å². The Morgan fingerprint density at radius 3 is 0.743 bits per heavy atom. The van der Waals surface area contributed by atoms with E-state index in [4.69, 9.17) is 29.6 Å². The fraction of sp³-hybridized carbons (Fsp3) is 0.0796. The van der Waals surface area contributed by atoms with Crippen molar-refractivity contribution in [3.05, 3.63) is 435 Å². The minimum atomic E-state index is -3.49.